The molecule has 150 valence electrons. The number of rotatable bonds is 6. The molecule has 2 aromatic heterocycles. The van der Waals surface area contributed by atoms with Crippen molar-refractivity contribution in [3.05, 3.63) is 53.6 Å². The fourth-order valence-corrected chi connectivity index (χ4v) is 4.51. The first kappa shape index (κ1) is 18.3. The number of amides is 1. The van der Waals surface area contributed by atoms with E-state index in [2.05, 4.69) is 41.6 Å². The van der Waals surface area contributed by atoms with Gasteiger partial charge >= 0.3 is 0 Å². The van der Waals surface area contributed by atoms with Crippen LogP contribution in [0.2, 0.25) is 0 Å². The molecule has 5 rings (SSSR count). The lowest BCUT2D eigenvalue weighted by Crippen LogP contribution is -2.32. The summed E-state index contributed by atoms with van der Waals surface area (Å²) >= 11 is 0. The molecule has 1 amide bonds. The minimum absolute atomic E-state index is 0.200. The Morgan fingerprint density at radius 1 is 1.24 bits per heavy atom. The van der Waals surface area contributed by atoms with Crippen molar-refractivity contribution in [1.82, 2.24) is 14.5 Å². The SMILES string of the molecule is CC(C)CCn1c(CN2C(=O)C3(CC3)c3ccncc32)nc2cc(CN)ccc21. The van der Waals surface area contributed by atoms with E-state index >= 15 is 0 Å². The summed E-state index contributed by atoms with van der Waals surface area (Å²) in [6, 6.07) is 8.25. The number of benzene rings is 1. The fraction of sp³-hybridized carbons (Fsp3) is 0.435. The molecule has 1 aliphatic carbocycles. The average Bonchev–Trinajstić information content (AvgIpc) is 3.41. The first-order chi connectivity index (χ1) is 14.0. The monoisotopic (exact) mass is 389 g/mol. The number of imidazole rings is 1. The summed E-state index contributed by atoms with van der Waals surface area (Å²) in [4.78, 5) is 24.4. The third-order valence-electron chi connectivity index (χ3n) is 6.37. The molecular weight excluding hydrogens is 362 g/mol. The predicted molar refractivity (Wildman–Crippen MR) is 113 cm³/mol. The normalized spacial score (nSPS) is 17.0. The quantitative estimate of drug-likeness (QED) is 0.700. The second-order valence-electron chi connectivity index (χ2n) is 8.76. The number of carbonyl (C=O) groups excluding carboxylic acids is 1. The van der Waals surface area contributed by atoms with Crippen molar-refractivity contribution in [2.45, 2.75) is 58.2 Å². The molecule has 0 atom stereocenters. The maximum Gasteiger partial charge on any atom is 0.238 e. The zero-order valence-electron chi connectivity index (χ0n) is 17.1. The van der Waals surface area contributed by atoms with E-state index in [1.807, 2.05) is 17.2 Å². The molecule has 6 nitrogen and oxygen atoms in total. The van der Waals surface area contributed by atoms with E-state index in [9.17, 15) is 4.79 Å². The summed E-state index contributed by atoms with van der Waals surface area (Å²) in [5, 5.41) is 0. The summed E-state index contributed by atoms with van der Waals surface area (Å²) < 4.78 is 2.27. The van der Waals surface area contributed by atoms with Gasteiger partial charge in [0.1, 0.15) is 5.82 Å². The Hall–Kier alpha value is -2.73. The van der Waals surface area contributed by atoms with Gasteiger partial charge in [-0.05, 0) is 54.5 Å². The smallest absolute Gasteiger partial charge is 0.238 e. The van der Waals surface area contributed by atoms with Crippen LogP contribution in [0.1, 0.15) is 50.1 Å². The molecule has 0 radical (unpaired) electrons. The largest absolute Gasteiger partial charge is 0.326 e. The molecule has 3 heterocycles. The van der Waals surface area contributed by atoms with Crippen molar-refractivity contribution >= 4 is 22.6 Å². The van der Waals surface area contributed by atoms with Crippen LogP contribution < -0.4 is 10.6 Å². The van der Waals surface area contributed by atoms with Crippen LogP contribution in [0.25, 0.3) is 11.0 Å². The number of aryl methyl sites for hydroxylation is 1. The maximum atomic E-state index is 13.3. The van der Waals surface area contributed by atoms with Crippen LogP contribution in [0, 0.1) is 5.92 Å². The van der Waals surface area contributed by atoms with E-state index in [1.165, 1.54) is 0 Å². The summed E-state index contributed by atoms with van der Waals surface area (Å²) in [5.41, 5.74) is 10.7. The van der Waals surface area contributed by atoms with Gasteiger partial charge in [0.2, 0.25) is 5.91 Å². The van der Waals surface area contributed by atoms with Gasteiger partial charge in [-0.15, -0.1) is 0 Å². The van der Waals surface area contributed by atoms with Gasteiger partial charge in [0.05, 0.1) is 34.9 Å². The molecule has 6 heteroatoms. The minimum Gasteiger partial charge on any atom is -0.326 e. The molecule has 29 heavy (non-hydrogen) atoms. The van der Waals surface area contributed by atoms with E-state index in [0.29, 0.717) is 19.0 Å². The zero-order chi connectivity index (χ0) is 20.2. The first-order valence-electron chi connectivity index (χ1n) is 10.5. The van der Waals surface area contributed by atoms with E-state index in [0.717, 1.165) is 59.5 Å². The predicted octanol–water partition coefficient (Wildman–Crippen LogP) is 3.51. The van der Waals surface area contributed by atoms with E-state index in [4.69, 9.17) is 10.7 Å². The van der Waals surface area contributed by atoms with Gasteiger partial charge in [-0.2, -0.15) is 0 Å². The van der Waals surface area contributed by atoms with Crippen LogP contribution >= 0.6 is 0 Å². The maximum absolute atomic E-state index is 13.3. The van der Waals surface area contributed by atoms with Crippen LogP contribution in [-0.4, -0.2) is 20.4 Å². The molecule has 0 saturated heterocycles. The number of pyridine rings is 1. The molecule has 0 unspecified atom stereocenters. The second-order valence-corrected chi connectivity index (χ2v) is 8.76. The van der Waals surface area contributed by atoms with Gasteiger partial charge in [-0.3, -0.25) is 9.78 Å². The molecule has 1 spiro atoms. The Balaban J connectivity index is 1.56. The highest BCUT2D eigenvalue weighted by Gasteiger charge is 2.59. The molecule has 3 aromatic rings. The van der Waals surface area contributed by atoms with Crippen molar-refractivity contribution < 1.29 is 4.79 Å². The molecule has 2 N–H and O–H groups in total. The van der Waals surface area contributed by atoms with E-state index in [1.54, 1.807) is 6.20 Å². The highest BCUT2D eigenvalue weighted by Crippen LogP contribution is 2.57. The molecular formula is C23H27N5O. The Morgan fingerprint density at radius 2 is 2.07 bits per heavy atom. The van der Waals surface area contributed by atoms with Gasteiger partial charge in [-0.25, -0.2) is 4.98 Å². The topological polar surface area (TPSA) is 77.0 Å². The number of aromatic nitrogens is 3. The van der Waals surface area contributed by atoms with Crippen molar-refractivity contribution in [3.8, 4) is 0 Å². The number of carbonyl (C=O) groups is 1. The second kappa shape index (κ2) is 6.66. The van der Waals surface area contributed by atoms with Crippen molar-refractivity contribution in [2.75, 3.05) is 4.90 Å². The number of fused-ring (bicyclic) bond motifs is 3. The minimum atomic E-state index is -0.306. The average molecular weight is 390 g/mol. The van der Waals surface area contributed by atoms with Gasteiger partial charge in [0.15, 0.2) is 0 Å². The molecule has 1 aromatic carbocycles. The molecule has 1 aliphatic heterocycles. The van der Waals surface area contributed by atoms with Crippen molar-refractivity contribution in [2.24, 2.45) is 11.7 Å². The number of hydrogen-bond acceptors (Lipinski definition) is 4. The third kappa shape index (κ3) is 2.85. The number of nitrogens with two attached hydrogens (primary N) is 1. The Kier molecular flexibility index (Phi) is 4.21. The number of anilines is 1. The van der Waals surface area contributed by atoms with Crippen LogP contribution in [-0.2, 0) is 29.8 Å². The third-order valence-corrected chi connectivity index (χ3v) is 6.37. The van der Waals surface area contributed by atoms with Crippen LogP contribution in [0.4, 0.5) is 5.69 Å². The summed E-state index contributed by atoms with van der Waals surface area (Å²) in [5.74, 6) is 1.72. The van der Waals surface area contributed by atoms with E-state index < -0.39 is 0 Å². The lowest BCUT2D eigenvalue weighted by molar-refractivity contribution is -0.120. The Bertz CT molecular complexity index is 1100. The number of hydrogen-bond donors (Lipinski definition) is 1. The lowest BCUT2D eigenvalue weighted by atomic mass is 9.99. The Labute approximate surface area is 170 Å². The summed E-state index contributed by atoms with van der Waals surface area (Å²) in [7, 11) is 0. The Morgan fingerprint density at radius 3 is 2.79 bits per heavy atom. The van der Waals surface area contributed by atoms with Crippen LogP contribution in [0.15, 0.2) is 36.7 Å². The first-order valence-corrected chi connectivity index (χ1v) is 10.5. The van der Waals surface area contributed by atoms with Gasteiger partial charge in [0.25, 0.3) is 0 Å². The summed E-state index contributed by atoms with van der Waals surface area (Å²) in [6.45, 7) is 6.32. The highest BCUT2D eigenvalue weighted by molar-refractivity contribution is 6.09. The fourth-order valence-electron chi connectivity index (χ4n) is 4.51. The highest BCUT2D eigenvalue weighted by atomic mass is 16.2. The molecule has 1 saturated carbocycles. The van der Waals surface area contributed by atoms with Crippen molar-refractivity contribution in [3.63, 3.8) is 0 Å². The van der Waals surface area contributed by atoms with Gasteiger partial charge < -0.3 is 15.2 Å². The zero-order valence-corrected chi connectivity index (χ0v) is 17.1. The van der Waals surface area contributed by atoms with Crippen LogP contribution in [0.5, 0.6) is 0 Å². The standard InChI is InChI=1S/C23H27N5O/c1-15(2)6-10-27-19-4-3-16(12-24)11-18(19)26-21(27)14-28-20-13-25-9-5-17(20)23(7-8-23)22(28)29/h3-5,9,11,13,15H,6-8,10,12,14,24H2,1-2H3. The van der Waals surface area contributed by atoms with Gasteiger partial charge in [0, 0.05) is 19.3 Å². The molecule has 1 fully saturated rings. The number of nitrogens with zero attached hydrogens (tertiary/aromatic N) is 4. The van der Waals surface area contributed by atoms with Gasteiger partial charge in [-0.1, -0.05) is 19.9 Å². The summed E-state index contributed by atoms with van der Waals surface area (Å²) in [6.07, 6.45) is 6.55. The van der Waals surface area contributed by atoms with E-state index in [-0.39, 0.29) is 11.3 Å². The molecule has 0 bridgehead atoms. The van der Waals surface area contributed by atoms with Crippen LogP contribution in [0.3, 0.4) is 0 Å². The van der Waals surface area contributed by atoms with Crippen molar-refractivity contribution in [1.29, 1.82) is 0 Å². The lowest BCUT2D eigenvalue weighted by Gasteiger charge is -2.19. The molecule has 2 aliphatic rings.